The van der Waals surface area contributed by atoms with Gasteiger partial charge < -0.3 is 4.55 Å². The fraction of sp³-hybridized carbons (Fsp3) is 0.125. The van der Waals surface area contributed by atoms with Crippen LogP contribution in [0.25, 0.3) is 0 Å². The monoisotopic (exact) mass is 251 g/mol. The van der Waals surface area contributed by atoms with Gasteiger partial charge in [0.05, 0.1) is 0 Å². The molecular weight excluding hydrogens is 247 g/mol. The Morgan fingerprint density at radius 2 is 2.14 bits per heavy atom. The number of carbonyl (C=O) groups excluding carboxylic acids is 1. The first-order valence-corrected chi connectivity index (χ1v) is 5.55. The number of hydrogen-bond donors (Lipinski definition) is 0. The van der Waals surface area contributed by atoms with Crippen LogP contribution in [-0.4, -0.2) is 14.0 Å². The zero-order valence-electron chi connectivity index (χ0n) is 6.83. The van der Waals surface area contributed by atoms with Crippen LogP contribution in [-0.2, 0) is 16.8 Å². The van der Waals surface area contributed by atoms with Crippen molar-refractivity contribution in [1.29, 1.82) is 0 Å². The van der Waals surface area contributed by atoms with Gasteiger partial charge in [0.2, 0.25) is 0 Å². The molecule has 0 heterocycles. The Balaban J connectivity index is 3.15. The highest BCUT2D eigenvalue weighted by atomic mass is 35.5. The van der Waals surface area contributed by atoms with Gasteiger partial charge in [-0.25, -0.2) is 0 Å². The first-order chi connectivity index (χ1) is 6.50. The van der Waals surface area contributed by atoms with Gasteiger partial charge in [-0.05, 0) is 35.4 Å². The van der Waals surface area contributed by atoms with Crippen LogP contribution < -0.4 is 0 Å². The molecule has 1 rings (SSSR count). The highest BCUT2D eigenvalue weighted by Crippen LogP contribution is 2.19. The molecule has 1 atom stereocenters. The van der Waals surface area contributed by atoms with Crippen molar-refractivity contribution in [3.05, 3.63) is 34.3 Å². The molecule has 6 heteroatoms. The molecule has 0 aromatic heterocycles. The summed E-state index contributed by atoms with van der Waals surface area (Å²) in [6.45, 7) is 0. The summed E-state index contributed by atoms with van der Waals surface area (Å²) in [4.78, 5) is 10.9. The van der Waals surface area contributed by atoms with E-state index < -0.39 is 16.3 Å². The molecule has 0 saturated heterocycles. The molecule has 3 nitrogen and oxygen atoms in total. The Labute approximate surface area is 93.3 Å². The molecule has 1 unspecified atom stereocenters. The van der Waals surface area contributed by atoms with Crippen LogP contribution in [0.2, 0.25) is 5.02 Å². The van der Waals surface area contributed by atoms with Crippen LogP contribution in [0.5, 0.6) is 0 Å². The maximum Gasteiger partial charge on any atom is 0.252 e. The second-order valence-electron chi connectivity index (χ2n) is 2.52. The summed E-state index contributed by atoms with van der Waals surface area (Å²) in [5, 5.41) is -0.325. The minimum absolute atomic E-state index is 0.167. The molecule has 76 valence electrons. The molecule has 14 heavy (non-hydrogen) atoms. The molecule has 0 N–H and O–H groups in total. The van der Waals surface area contributed by atoms with Crippen molar-refractivity contribution in [2.24, 2.45) is 0 Å². The van der Waals surface area contributed by atoms with Crippen LogP contribution in [0.3, 0.4) is 0 Å². The molecule has 0 radical (unpaired) electrons. The number of rotatable bonds is 3. The van der Waals surface area contributed by atoms with Crippen LogP contribution in [0.15, 0.2) is 18.2 Å². The van der Waals surface area contributed by atoms with E-state index in [1.54, 1.807) is 0 Å². The lowest BCUT2D eigenvalue weighted by Gasteiger charge is -2.08. The van der Waals surface area contributed by atoms with Crippen LogP contribution in [0.4, 0.5) is 0 Å². The summed E-state index contributed by atoms with van der Waals surface area (Å²) in [6, 6.07) is 4.29. The molecular formula is C8H5Cl2O3S-. The fourth-order valence-electron chi connectivity index (χ4n) is 1.00. The molecule has 0 fully saturated rings. The van der Waals surface area contributed by atoms with Gasteiger partial charge in [0.25, 0.3) is 5.24 Å². The largest absolute Gasteiger partial charge is 0.772 e. The van der Waals surface area contributed by atoms with E-state index in [1.807, 2.05) is 0 Å². The quantitative estimate of drug-likeness (QED) is 0.611. The van der Waals surface area contributed by atoms with E-state index in [0.29, 0.717) is 10.6 Å². The highest BCUT2D eigenvalue weighted by molar-refractivity contribution is 7.78. The van der Waals surface area contributed by atoms with E-state index in [4.69, 9.17) is 23.2 Å². The lowest BCUT2D eigenvalue weighted by Crippen LogP contribution is -2.01. The Morgan fingerprint density at radius 3 is 2.64 bits per heavy atom. The van der Waals surface area contributed by atoms with Crippen molar-refractivity contribution in [3.8, 4) is 0 Å². The summed E-state index contributed by atoms with van der Waals surface area (Å²) >= 11 is 8.64. The Hall–Kier alpha value is -0.420. The number of halogens is 2. The number of carbonyl (C=O) groups is 1. The minimum Gasteiger partial charge on any atom is -0.772 e. The molecule has 0 aliphatic rings. The summed E-state index contributed by atoms with van der Waals surface area (Å²) in [5.41, 5.74) is 0.478. The third-order valence-electron chi connectivity index (χ3n) is 1.55. The van der Waals surface area contributed by atoms with E-state index in [0.717, 1.165) is 0 Å². The lowest BCUT2D eigenvalue weighted by atomic mass is 10.1. The van der Waals surface area contributed by atoms with Crippen molar-refractivity contribution in [2.45, 2.75) is 5.75 Å². The predicted molar refractivity (Wildman–Crippen MR) is 54.3 cm³/mol. The van der Waals surface area contributed by atoms with Crippen molar-refractivity contribution >= 4 is 39.5 Å². The summed E-state index contributed by atoms with van der Waals surface area (Å²) < 4.78 is 20.9. The zero-order valence-corrected chi connectivity index (χ0v) is 9.16. The Morgan fingerprint density at radius 1 is 1.50 bits per heavy atom. The minimum atomic E-state index is -2.27. The smallest absolute Gasteiger partial charge is 0.252 e. The van der Waals surface area contributed by atoms with E-state index in [-0.39, 0.29) is 11.3 Å². The third kappa shape index (κ3) is 3.06. The number of hydrogen-bond acceptors (Lipinski definition) is 3. The Bertz CT molecular complexity index is 392. The van der Waals surface area contributed by atoms with Gasteiger partial charge >= 0.3 is 0 Å². The van der Waals surface area contributed by atoms with Crippen LogP contribution in [0.1, 0.15) is 15.9 Å². The first kappa shape index (κ1) is 11.7. The van der Waals surface area contributed by atoms with Crippen molar-refractivity contribution in [1.82, 2.24) is 0 Å². The molecule has 1 aromatic rings. The standard InChI is InChI=1S/C8H6Cl2O3S/c9-6-1-2-7(8(10)11)5(3-6)4-14(12)13/h1-3H,4H2,(H,12,13)/p-1. The topological polar surface area (TPSA) is 57.2 Å². The SMILES string of the molecule is O=C(Cl)c1ccc(Cl)cc1CS(=O)[O-]. The first-order valence-electron chi connectivity index (χ1n) is 3.55. The zero-order chi connectivity index (χ0) is 10.7. The molecule has 0 amide bonds. The van der Waals surface area contributed by atoms with Gasteiger partial charge in [0, 0.05) is 16.3 Å². The average Bonchev–Trinajstić information content (AvgIpc) is 2.01. The van der Waals surface area contributed by atoms with E-state index in [9.17, 15) is 13.6 Å². The third-order valence-corrected chi connectivity index (χ3v) is 2.54. The van der Waals surface area contributed by atoms with Crippen LogP contribution >= 0.6 is 23.2 Å². The molecule has 0 bridgehead atoms. The maximum absolute atomic E-state index is 10.9. The van der Waals surface area contributed by atoms with Gasteiger partial charge in [0.15, 0.2) is 0 Å². The van der Waals surface area contributed by atoms with E-state index in [2.05, 4.69) is 0 Å². The average molecular weight is 252 g/mol. The van der Waals surface area contributed by atoms with Gasteiger partial charge in [0.1, 0.15) is 0 Å². The van der Waals surface area contributed by atoms with Crippen molar-refractivity contribution < 1.29 is 13.6 Å². The van der Waals surface area contributed by atoms with E-state index >= 15 is 0 Å². The number of benzene rings is 1. The van der Waals surface area contributed by atoms with Gasteiger partial charge in [-0.1, -0.05) is 22.7 Å². The normalized spacial score (nSPS) is 12.5. The molecule has 0 aliphatic carbocycles. The van der Waals surface area contributed by atoms with Gasteiger partial charge in [-0.2, -0.15) is 0 Å². The summed E-state index contributed by atoms with van der Waals surface area (Å²) in [5.74, 6) is -0.269. The van der Waals surface area contributed by atoms with Crippen molar-refractivity contribution in [3.63, 3.8) is 0 Å². The van der Waals surface area contributed by atoms with Crippen LogP contribution in [0, 0.1) is 0 Å². The Kier molecular flexibility index (Phi) is 4.07. The summed E-state index contributed by atoms with van der Waals surface area (Å²) in [6.07, 6.45) is 0. The van der Waals surface area contributed by atoms with Gasteiger partial charge in [-0.15, -0.1) is 0 Å². The molecule has 0 saturated carbocycles. The molecule has 0 aliphatic heterocycles. The second-order valence-corrected chi connectivity index (χ2v) is 4.20. The highest BCUT2D eigenvalue weighted by Gasteiger charge is 2.09. The van der Waals surface area contributed by atoms with Crippen molar-refractivity contribution in [2.75, 3.05) is 0 Å². The molecule has 0 spiro atoms. The molecule has 1 aromatic carbocycles. The predicted octanol–water partition coefficient (Wildman–Crippen LogP) is 2.10. The maximum atomic E-state index is 10.9. The van der Waals surface area contributed by atoms with Gasteiger partial charge in [-0.3, -0.25) is 9.00 Å². The van der Waals surface area contributed by atoms with E-state index in [1.165, 1.54) is 18.2 Å². The lowest BCUT2D eigenvalue weighted by molar-refractivity contribution is 0.108. The summed E-state index contributed by atoms with van der Waals surface area (Å²) in [7, 11) is 0. The fourth-order valence-corrected chi connectivity index (χ4v) is 1.87. The second kappa shape index (κ2) is 4.89.